The molecule has 3 aromatic rings. The maximum Gasteiger partial charge on any atom is 0.273 e. The van der Waals surface area contributed by atoms with Crippen LogP contribution >= 0.6 is 11.3 Å². The van der Waals surface area contributed by atoms with E-state index in [1.165, 1.54) is 11.3 Å². The smallest absolute Gasteiger partial charge is 0.273 e. The molecule has 1 fully saturated rings. The number of rotatable bonds is 2. The van der Waals surface area contributed by atoms with Gasteiger partial charge in [-0.05, 0) is 32.9 Å². The Morgan fingerprint density at radius 3 is 2.92 bits per heavy atom. The Kier molecular flexibility index (Phi) is 3.89. The standard InChI is InChI=1S/C19H20N2O3S/c1-12-9-21(11-19(2,3)24-12)18(22)14-10-25-17(20-14)16-8-13-6-4-5-7-15(13)23-16/h4-8,10,12H,9,11H2,1-3H3/t12-/m1/s1. The molecule has 6 heteroatoms. The van der Waals surface area contributed by atoms with Gasteiger partial charge in [0.25, 0.3) is 5.91 Å². The van der Waals surface area contributed by atoms with Crippen LogP contribution in [0.5, 0.6) is 0 Å². The van der Waals surface area contributed by atoms with Crippen LogP contribution in [0.15, 0.2) is 40.1 Å². The van der Waals surface area contributed by atoms with Gasteiger partial charge < -0.3 is 14.1 Å². The molecule has 1 aromatic carbocycles. The van der Waals surface area contributed by atoms with Crippen molar-refractivity contribution in [3.05, 3.63) is 41.4 Å². The van der Waals surface area contributed by atoms with Crippen molar-refractivity contribution in [1.82, 2.24) is 9.88 Å². The summed E-state index contributed by atoms with van der Waals surface area (Å²) >= 11 is 1.43. The minimum absolute atomic E-state index is 0.0150. The van der Waals surface area contributed by atoms with Crippen molar-refractivity contribution in [3.63, 3.8) is 0 Å². The summed E-state index contributed by atoms with van der Waals surface area (Å²) in [5.41, 5.74) is 0.944. The van der Waals surface area contributed by atoms with E-state index in [-0.39, 0.29) is 17.6 Å². The van der Waals surface area contributed by atoms with Crippen LogP contribution in [-0.2, 0) is 4.74 Å². The molecule has 2 aromatic heterocycles. The highest BCUT2D eigenvalue weighted by Gasteiger charge is 2.34. The second kappa shape index (κ2) is 5.97. The van der Waals surface area contributed by atoms with Gasteiger partial charge in [-0.3, -0.25) is 4.79 Å². The Morgan fingerprint density at radius 2 is 2.16 bits per heavy atom. The molecule has 25 heavy (non-hydrogen) atoms. The third-order valence-corrected chi connectivity index (χ3v) is 5.07. The first-order chi connectivity index (χ1) is 11.9. The molecule has 130 valence electrons. The van der Waals surface area contributed by atoms with Gasteiger partial charge in [-0.1, -0.05) is 18.2 Å². The van der Waals surface area contributed by atoms with E-state index >= 15 is 0 Å². The molecule has 0 saturated carbocycles. The fraction of sp³-hybridized carbons (Fsp3) is 0.368. The summed E-state index contributed by atoms with van der Waals surface area (Å²) in [4.78, 5) is 19.2. The average molecular weight is 356 g/mol. The van der Waals surface area contributed by atoms with Gasteiger partial charge in [0, 0.05) is 23.9 Å². The summed E-state index contributed by atoms with van der Waals surface area (Å²) in [6.07, 6.45) is 0.0150. The molecule has 3 heterocycles. The summed E-state index contributed by atoms with van der Waals surface area (Å²) in [5, 5.41) is 3.56. The van der Waals surface area contributed by atoms with Crippen molar-refractivity contribution in [3.8, 4) is 10.8 Å². The number of thiazole rings is 1. The number of furan rings is 1. The van der Waals surface area contributed by atoms with Crippen molar-refractivity contribution in [2.75, 3.05) is 13.1 Å². The minimum atomic E-state index is -0.342. The largest absolute Gasteiger partial charge is 0.454 e. The van der Waals surface area contributed by atoms with Crippen LogP contribution in [0, 0.1) is 0 Å². The van der Waals surface area contributed by atoms with Crippen LogP contribution in [0.4, 0.5) is 0 Å². The first-order valence-electron chi connectivity index (χ1n) is 8.33. The molecule has 1 atom stereocenters. The summed E-state index contributed by atoms with van der Waals surface area (Å²) in [5.74, 6) is 0.641. The van der Waals surface area contributed by atoms with Gasteiger partial charge in [-0.15, -0.1) is 11.3 Å². The van der Waals surface area contributed by atoms with E-state index in [1.54, 1.807) is 5.38 Å². The third kappa shape index (κ3) is 3.19. The van der Waals surface area contributed by atoms with E-state index in [0.717, 1.165) is 16.0 Å². The third-order valence-electron chi connectivity index (χ3n) is 4.22. The van der Waals surface area contributed by atoms with Gasteiger partial charge in [0.05, 0.1) is 11.7 Å². The Labute approximate surface area is 150 Å². The molecule has 0 radical (unpaired) electrons. The number of carbonyl (C=O) groups is 1. The summed E-state index contributed by atoms with van der Waals surface area (Å²) in [7, 11) is 0. The number of hydrogen-bond donors (Lipinski definition) is 0. The molecule has 0 unspecified atom stereocenters. The molecule has 0 aliphatic carbocycles. The van der Waals surface area contributed by atoms with Gasteiger partial charge in [0.1, 0.15) is 11.3 Å². The average Bonchev–Trinajstić information content (AvgIpc) is 3.18. The first-order valence-corrected chi connectivity index (χ1v) is 9.21. The van der Waals surface area contributed by atoms with Crippen LogP contribution in [0.25, 0.3) is 21.7 Å². The van der Waals surface area contributed by atoms with Crippen LogP contribution in [-0.4, -0.2) is 40.6 Å². The SMILES string of the molecule is C[C@@H]1CN(C(=O)c2csc(-c3cc4ccccc4o3)n2)CC(C)(C)O1. The zero-order valence-electron chi connectivity index (χ0n) is 14.5. The molecule has 1 amide bonds. The summed E-state index contributed by atoms with van der Waals surface area (Å²) < 4.78 is 11.7. The number of para-hydroxylation sites is 1. The molecule has 1 aliphatic heterocycles. The lowest BCUT2D eigenvalue weighted by Crippen LogP contribution is -2.53. The quantitative estimate of drug-likeness (QED) is 0.691. The van der Waals surface area contributed by atoms with Crippen molar-refractivity contribution in [2.45, 2.75) is 32.5 Å². The van der Waals surface area contributed by atoms with Crippen LogP contribution in [0.3, 0.4) is 0 Å². The summed E-state index contributed by atoms with van der Waals surface area (Å²) in [6.45, 7) is 7.14. The van der Waals surface area contributed by atoms with Gasteiger partial charge in [0.2, 0.25) is 0 Å². The number of hydrogen-bond acceptors (Lipinski definition) is 5. The number of nitrogens with zero attached hydrogens (tertiary/aromatic N) is 2. The predicted molar refractivity (Wildman–Crippen MR) is 97.9 cm³/mol. The van der Waals surface area contributed by atoms with E-state index in [2.05, 4.69) is 4.98 Å². The van der Waals surface area contributed by atoms with Crippen LogP contribution < -0.4 is 0 Å². The molecule has 0 N–H and O–H groups in total. The number of benzene rings is 1. The fourth-order valence-corrected chi connectivity index (χ4v) is 4.09. The van der Waals surface area contributed by atoms with Crippen LogP contribution in [0.1, 0.15) is 31.3 Å². The number of amides is 1. The number of carbonyl (C=O) groups excluding carboxylic acids is 1. The second-order valence-electron chi connectivity index (χ2n) is 7.06. The molecule has 5 nitrogen and oxygen atoms in total. The van der Waals surface area contributed by atoms with Gasteiger partial charge in [-0.2, -0.15) is 0 Å². The van der Waals surface area contributed by atoms with E-state index < -0.39 is 0 Å². The van der Waals surface area contributed by atoms with E-state index in [4.69, 9.17) is 9.15 Å². The second-order valence-corrected chi connectivity index (χ2v) is 7.92. The lowest BCUT2D eigenvalue weighted by molar-refractivity contribution is -0.118. The highest BCUT2D eigenvalue weighted by molar-refractivity contribution is 7.13. The monoisotopic (exact) mass is 356 g/mol. The number of aromatic nitrogens is 1. The van der Waals surface area contributed by atoms with Crippen molar-refractivity contribution in [2.24, 2.45) is 0 Å². The zero-order valence-corrected chi connectivity index (χ0v) is 15.3. The molecule has 1 aliphatic rings. The van der Waals surface area contributed by atoms with E-state index in [9.17, 15) is 4.79 Å². The number of morpholine rings is 1. The Hall–Kier alpha value is -2.18. The maximum absolute atomic E-state index is 12.8. The fourth-order valence-electron chi connectivity index (χ4n) is 3.34. The highest BCUT2D eigenvalue weighted by Crippen LogP contribution is 2.30. The van der Waals surface area contributed by atoms with Gasteiger partial charge >= 0.3 is 0 Å². The normalized spacial score (nSPS) is 20.1. The lowest BCUT2D eigenvalue weighted by Gasteiger charge is -2.41. The topological polar surface area (TPSA) is 55.6 Å². The van der Waals surface area contributed by atoms with Crippen molar-refractivity contribution in [1.29, 1.82) is 0 Å². The molecular formula is C19H20N2O3S. The molecule has 0 spiro atoms. The molecular weight excluding hydrogens is 336 g/mol. The maximum atomic E-state index is 12.8. The molecule has 0 bridgehead atoms. The van der Waals surface area contributed by atoms with Crippen LogP contribution in [0.2, 0.25) is 0 Å². The lowest BCUT2D eigenvalue weighted by atomic mass is 10.1. The number of fused-ring (bicyclic) bond motifs is 1. The van der Waals surface area contributed by atoms with Crippen molar-refractivity contribution >= 4 is 28.2 Å². The first kappa shape index (κ1) is 16.3. The predicted octanol–water partition coefficient (Wildman–Crippen LogP) is 4.20. The Morgan fingerprint density at radius 1 is 1.36 bits per heavy atom. The highest BCUT2D eigenvalue weighted by atomic mass is 32.1. The van der Waals surface area contributed by atoms with E-state index in [1.807, 2.05) is 56.0 Å². The zero-order chi connectivity index (χ0) is 17.6. The summed E-state index contributed by atoms with van der Waals surface area (Å²) in [6, 6.07) is 9.80. The number of ether oxygens (including phenoxy) is 1. The molecule has 1 saturated heterocycles. The van der Waals surface area contributed by atoms with Gasteiger partial charge in [0.15, 0.2) is 10.8 Å². The minimum Gasteiger partial charge on any atom is -0.454 e. The molecule has 4 rings (SSSR count). The Bertz CT molecular complexity index is 895. The van der Waals surface area contributed by atoms with E-state index in [0.29, 0.717) is 24.5 Å². The Balaban J connectivity index is 1.59. The van der Waals surface area contributed by atoms with Crippen molar-refractivity contribution < 1.29 is 13.9 Å². The van der Waals surface area contributed by atoms with Gasteiger partial charge in [-0.25, -0.2) is 4.98 Å².